The van der Waals surface area contributed by atoms with Crippen molar-refractivity contribution in [3.05, 3.63) is 54.4 Å². The van der Waals surface area contributed by atoms with Crippen LogP contribution in [0.3, 0.4) is 0 Å². The minimum atomic E-state index is 0.105. The first-order chi connectivity index (χ1) is 12.2. The zero-order chi connectivity index (χ0) is 17.6. The lowest BCUT2D eigenvalue weighted by Crippen LogP contribution is -2.08. The third-order valence-corrected chi connectivity index (χ3v) is 3.48. The maximum Gasteiger partial charge on any atom is 0.247 e. The molecule has 1 N–H and O–H groups in total. The Morgan fingerprint density at radius 1 is 1.04 bits per heavy atom. The molecule has 6 nitrogen and oxygen atoms in total. The molecule has 1 aromatic heterocycles. The van der Waals surface area contributed by atoms with Crippen molar-refractivity contribution in [1.82, 2.24) is 10.2 Å². The summed E-state index contributed by atoms with van der Waals surface area (Å²) in [7, 11) is 1.63. The van der Waals surface area contributed by atoms with Gasteiger partial charge in [-0.2, -0.15) is 0 Å². The van der Waals surface area contributed by atoms with Gasteiger partial charge in [0.25, 0.3) is 0 Å². The van der Waals surface area contributed by atoms with Gasteiger partial charge in [-0.1, -0.05) is 12.1 Å². The van der Waals surface area contributed by atoms with E-state index in [0.29, 0.717) is 18.3 Å². The molecule has 3 rings (SSSR count). The molecule has 0 amide bonds. The summed E-state index contributed by atoms with van der Waals surface area (Å²) >= 11 is 0. The predicted octanol–water partition coefficient (Wildman–Crippen LogP) is 4.14. The van der Waals surface area contributed by atoms with E-state index in [2.05, 4.69) is 15.5 Å². The third kappa shape index (κ3) is 4.29. The molecule has 0 saturated heterocycles. The van der Waals surface area contributed by atoms with Crippen LogP contribution in [-0.4, -0.2) is 23.4 Å². The molecule has 0 unspecified atom stereocenters. The van der Waals surface area contributed by atoms with Gasteiger partial charge in [-0.25, -0.2) is 0 Å². The summed E-state index contributed by atoms with van der Waals surface area (Å²) in [5.41, 5.74) is 1.74. The number of anilines is 1. The largest absolute Gasteiger partial charge is 0.497 e. The van der Waals surface area contributed by atoms with Crippen molar-refractivity contribution in [2.24, 2.45) is 0 Å². The van der Waals surface area contributed by atoms with Gasteiger partial charge in [-0.15, -0.1) is 10.2 Å². The monoisotopic (exact) mass is 339 g/mol. The van der Waals surface area contributed by atoms with Crippen LogP contribution in [0.15, 0.2) is 52.9 Å². The fourth-order valence-electron chi connectivity index (χ4n) is 2.32. The number of nitrogens with zero attached hydrogens (tertiary/aromatic N) is 2. The Labute approximate surface area is 146 Å². The highest BCUT2D eigenvalue weighted by Crippen LogP contribution is 2.26. The van der Waals surface area contributed by atoms with Gasteiger partial charge >= 0.3 is 0 Å². The first kappa shape index (κ1) is 16.8. The lowest BCUT2D eigenvalue weighted by molar-refractivity contribution is 0.243. The van der Waals surface area contributed by atoms with Crippen molar-refractivity contribution in [3.63, 3.8) is 0 Å². The molecule has 0 fully saturated rings. The van der Waals surface area contributed by atoms with Crippen LogP contribution < -0.4 is 14.8 Å². The van der Waals surface area contributed by atoms with Crippen molar-refractivity contribution in [3.8, 4) is 23.0 Å². The molecule has 0 aliphatic carbocycles. The Morgan fingerprint density at radius 3 is 2.52 bits per heavy atom. The fourth-order valence-corrected chi connectivity index (χ4v) is 2.32. The SMILES string of the molecule is COc1ccc(-c2nnc(CNc3ccccc3OC(C)C)o2)cc1. The van der Waals surface area contributed by atoms with Crippen molar-refractivity contribution >= 4 is 5.69 Å². The van der Waals surface area contributed by atoms with E-state index in [4.69, 9.17) is 13.9 Å². The number of ether oxygens (including phenoxy) is 2. The molecule has 1 heterocycles. The molecule has 3 aromatic rings. The topological polar surface area (TPSA) is 69.4 Å². The van der Waals surface area contributed by atoms with Crippen LogP contribution >= 0.6 is 0 Å². The number of benzene rings is 2. The van der Waals surface area contributed by atoms with Gasteiger partial charge in [0.15, 0.2) is 0 Å². The van der Waals surface area contributed by atoms with Crippen LogP contribution in [0.4, 0.5) is 5.69 Å². The molecule has 0 bridgehead atoms. The summed E-state index contributed by atoms with van der Waals surface area (Å²) in [6.45, 7) is 4.41. The molecule has 0 atom stereocenters. The fraction of sp³-hybridized carbons (Fsp3) is 0.263. The summed E-state index contributed by atoms with van der Waals surface area (Å²) in [6, 6.07) is 15.3. The third-order valence-electron chi connectivity index (χ3n) is 3.48. The maximum atomic E-state index is 5.79. The highest BCUT2D eigenvalue weighted by Gasteiger charge is 2.10. The van der Waals surface area contributed by atoms with Gasteiger partial charge < -0.3 is 19.2 Å². The zero-order valence-electron chi connectivity index (χ0n) is 14.5. The molecule has 0 radical (unpaired) electrons. The standard InChI is InChI=1S/C19H21N3O3/c1-13(2)24-17-7-5-4-6-16(17)20-12-18-21-22-19(25-18)14-8-10-15(23-3)11-9-14/h4-11,13,20H,12H2,1-3H3. The van der Waals surface area contributed by atoms with E-state index in [1.165, 1.54) is 0 Å². The molecule has 25 heavy (non-hydrogen) atoms. The summed E-state index contributed by atoms with van der Waals surface area (Å²) in [6.07, 6.45) is 0.105. The van der Waals surface area contributed by atoms with E-state index in [1.807, 2.05) is 62.4 Å². The maximum absolute atomic E-state index is 5.79. The van der Waals surface area contributed by atoms with E-state index in [-0.39, 0.29) is 6.10 Å². The van der Waals surface area contributed by atoms with Crippen LogP contribution in [0.1, 0.15) is 19.7 Å². The summed E-state index contributed by atoms with van der Waals surface area (Å²) in [5.74, 6) is 2.57. The molecule has 2 aromatic carbocycles. The van der Waals surface area contributed by atoms with Crippen molar-refractivity contribution in [2.45, 2.75) is 26.5 Å². The highest BCUT2D eigenvalue weighted by molar-refractivity contribution is 5.56. The first-order valence-electron chi connectivity index (χ1n) is 8.12. The van der Waals surface area contributed by atoms with Gasteiger partial charge in [0, 0.05) is 5.56 Å². The Bertz CT molecular complexity index is 813. The lowest BCUT2D eigenvalue weighted by atomic mass is 10.2. The van der Waals surface area contributed by atoms with E-state index in [9.17, 15) is 0 Å². The van der Waals surface area contributed by atoms with Crippen LogP contribution in [0.2, 0.25) is 0 Å². The van der Waals surface area contributed by atoms with E-state index < -0.39 is 0 Å². The number of rotatable bonds is 7. The summed E-state index contributed by atoms with van der Waals surface area (Å²) < 4.78 is 16.7. The molecule has 130 valence electrons. The number of para-hydroxylation sites is 2. The Kier molecular flexibility index (Phi) is 5.18. The average molecular weight is 339 g/mol. The smallest absolute Gasteiger partial charge is 0.247 e. The van der Waals surface area contributed by atoms with Crippen LogP contribution in [0.25, 0.3) is 11.5 Å². The second kappa shape index (κ2) is 7.70. The van der Waals surface area contributed by atoms with E-state index >= 15 is 0 Å². The molecular formula is C19H21N3O3. The molecule has 0 aliphatic rings. The normalized spacial score (nSPS) is 10.7. The number of methoxy groups -OCH3 is 1. The van der Waals surface area contributed by atoms with Crippen LogP contribution in [0, 0.1) is 0 Å². The van der Waals surface area contributed by atoms with Crippen molar-refractivity contribution in [2.75, 3.05) is 12.4 Å². The number of aromatic nitrogens is 2. The second-order valence-electron chi connectivity index (χ2n) is 5.75. The van der Waals surface area contributed by atoms with Gasteiger partial charge in [0.2, 0.25) is 11.8 Å². The Morgan fingerprint density at radius 2 is 1.80 bits per heavy atom. The predicted molar refractivity (Wildman–Crippen MR) is 95.8 cm³/mol. The van der Waals surface area contributed by atoms with Crippen LogP contribution in [0.5, 0.6) is 11.5 Å². The van der Waals surface area contributed by atoms with Gasteiger partial charge in [-0.05, 0) is 50.2 Å². The molecule has 0 aliphatic heterocycles. The molecule has 0 spiro atoms. The number of hydrogen-bond acceptors (Lipinski definition) is 6. The number of nitrogens with one attached hydrogen (secondary N) is 1. The molecule has 6 heteroatoms. The lowest BCUT2D eigenvalue weighted by Gasteiger charge is -2.14. The van der Waals surface area contributed by atoms with E-state index in [0.717, 1.165) is 22.7 Å². The van der Waals surface area contributed by atoms with Gasteiger partial charge in [0.05, 0.1) is 25.4 Å². The zero-order valence-corrected chi connectivity index (χ0v) is 14.5. The molecule has 0 saturated carbocycles. The molecular weight excluding hydrogens is 318 g/mol. The van der Waals surface area contributed by atoms with E-state index in [1.54, 1.807) is 7.11 Å². The average Bonchev–Trinajstić information content (AvgIpc) is 3.09. The first-order valence-corrected chi connectivity index (χ1v) is 8.12. The van der Waals surface area contributed by atoms with Gasteiger partial charge in [-0.3, -0.25) is 0 Å². The van der Waals surface area contributed by atoms with Crippen molar-refractivity contribution < 1.29 is 13.9 Å². The summed E-state index contributed by atoms with van der Waals surface area (Å²) in [5, 5.41) is 11.5. The Balaban J connectivity index is 1.68. The number of hydrogen-bond donors (Lipinski definition) is 1. The quantitative estimate of drug-likeness (QED) is 0.697. The second-order valence-corrected chi connectivity index (χ2v) is 5.75. The summed E-state index contributed by atoms with van der Waals surface area (Å²) in [4.78, 5) is 0. The highest BCUT2D eigenvalue weighted by atomic mass is 16.5. The van der Waals surface area contributed by atoms with Crippen molar-refractivity contribution in [1.29, 1.82) is 0 Å². The Hall–Kier alpha value is -3.02. The minimum absolute atomic E-state index is 0.105. The minimum Gasteiger partial charge on any atom is -0.497 e. The van der Waals surface area contributed by atoms with Gasteiger partial charge in [0.1, 0.15) is 11.5 Å². The van der Waals surface area contributed by atoms with Crippen LogP contribution in [-0.2, 0) is 6.54 Å².